The maximum Gasteiger partial charge on any atom is 0.257 e. The quantitative estimate of drug-likeness (QED) is 0.633. The predicted molar refractivity (Wildman–Crippen MR) is 109 cm³/mol. The molecule has 0 aliphatic carbocycles. The number of nitrogens with zero attached hydrogens (tertiary/aromatic N) is 3. The molecule has 0 saturated carbocycles. The molecule has 0 atom stereocenters. The van der Waals surface area contributed by atoms with Gasteiger partial charge in [0.05, 0.1) is 18.3 Å². The van der Waals surface area contributed by atoms with E-state index in [0.717, 1.165) is 30.5 Å². The first-order valence-electron chi connectivity index (χ1n) is 9.95. The van der Waals surface area contributed by atoms with Gasteiger partial charge in [-0.1, -0.05) is 30.3 Å². The maximum atomic E-state index is 14.3. The molecule has 0 radical (unpaired) electrons. The molecule has 156 valence electrons. The van der Waals surface area contributed by atoms with E-state index in [4.69, 9.17) is 4.74 Å². The topological polar surface area (TPSA) is 47.4 Å². The summed E-state index contributed by atoms with van der Waals surface area (Å²) in [5.74, 6) is -1.61. The van der Waals surface area contributed by atoms with E-state index >= 15 is 0 Å². The highest BCUT2D eigenvalue weighted by Crippen LogP contribution is 2.27. The van der Waals surface area contributed by atoms with Crippen LogP contribution in [0.1, 0.15) is 28.8 Å². The van der Waals surface area contributed by atoms with Crippen LogP contribution in [0.2, 0.25) is 0 Å². The maximum absolute atomic E-state index is 14.3. The van der Waals surface area contributed by atoms with Gasteiger partial charge in [-0.25, -0.2) is 8.78 Å². The average molecular weight is 411 g/mol. The summed E-state index contributed by atoms with van der Waals surface area (Å²) in [6, 6.07) is 13.3. The van der Waals surface area contributed by atoms with E-state index in [0.29, 0.717) is 25.3 Å². The van der Waals surface area contributed by atoms with E-state index < -0.39 is 11.6 Å². The normalized spacial score (nSPS) is 14.8. The number of carbonyl (C=O) groups excluding carboxylic acids is 1. The third kappa shape index (κ3) is 4.41. The van der Waals surface area contributed by atoms with E-state index in [1.807, 2.05) is 30.3 Å². The van der Waals surface area contributed by atoms with Crippen LogP contribution in [-0.4, -0.2) is 39.8 Å². The molecule has 2 heterocycles. The van der Waals surface area contributed by atoms with Gasteiger partial charge in [0.2, 0.25) is 0 Å². The molecule has 0 spiro atoms. The average Bonchev–Trinajstić information content (AvgIpc) is 3.14. The lowest BCUT2D eigenvalue weighted by atomic mass is 10.0. The van der Waals surface area contributed by atoms with Crippen LogP contribution < -0.4 is 0 Å². The van der Waals surface area contributed by atoms with Crippen molar-refractivity contribution in [1.82, 2.24) is 14.7 Å². The number of ether oxygens (including phenoxy) is 1. The minimum Gasteiger partial charge on any atom is -0.373 e. The number of hydrogen-bond donors (Lipinski definition) is 0. The zero-order valence-electron chi connectivity index (χ0n) is 16.7. The Labute approximate surface area is 173 Å². The summed E-state index contributed by atoms with van der Waals surface area (Å²) in [5, 5.41) is 4.25. The van der Waals surface area contributed by atoms with E-state index in [9.17, 15) is 13.6 Å². The number of aromatic nitrogens is 2. The summed E-state index contributed by atoms with van der Waals surface area (Å²) in [6.07, 6.45) is 3.15. The highest BCUT2D eigenvalue weighted by atomic mass is 19.1. The fourth-order valence-corrected chi connectivity index (χ4v) is 3.71. The molecule has 2 aromatic carbocycles. The monoisotopic (exact) mass is 411 g/mol. The lowest BCUT2D eigenvalue weighted by molar-refractivity contribution is -0.000363. The number of benzene rings is 2. The molecule has 1 amide bonds. The second-order valence-corrected chi connectivity index (χ2v) is 7.48. The molecule has 1 aromatic heterocycles. The van der Waals surface area contributed by atoms with Crippen molar-refractivity contribution < 1.29 is 18.3 Å². The lowest BCUT2D eigenvalue weighted by Gasteiger charge is -2.32. The van der Waals surface area contributed by atoms with Crippen LogP contribution in [0.25, 0.3) is 11.3 Å². The van der Waals surface area contributed by atoms with Gasteiger partial charge < -0.3 is 9.64 Å². The minimum absolute atomic E-state index is 0.0946. The fraction of sp³-hybridized carbons (Fsp3) is 0.304. The van der Waals surface area contributed by atoms with Crippen LogP contribution in [0.15, 0.2) is 54.7 Å². The Bertz CT molecular complexity index is 1030. The number of piperidine rings is 1. The van der Waals surface area contributed by atoms with Crippen molar-refractivity contribution in [3.05, 3.63) is 77.5 Å². The zero-order chi connectivity index (χ0) is 21.1. The van der Waals surface area contributed by atoms with Gasteiger partial charge in [0.1, 0.15) is 17.3 Å². The Kier molecular flexibility index (Phi) is 5.90. The first-order chi connectivity index (χ1) is 14.5. The molecular formula is C23H23F2N3O2. The van der Waals surface area contributed by atoms with Crippen molar-refractivity contribution in [2.45, 2.75) is 25.6 Å². The van der Waals surface area contributed by atoms with Gasteiger partial charge in [-0.15, -0.1) is 0 Å². The van der Waals surface area contributed by atoms with Gasteiger partial charge in [0.25, 0.3) is 5.91 Å². The number of halogens is 2. The summed E-state index contributed by atoms with van der Waals surface area (Å²) in [5.41, 5.74) is 1.77. The summed E-state index contributed by atoms with van der Waals surface area (Å²) < 4.78 is 35.0. The SMILES string of the molecule is Cn1cc(C(=O)N2CCC(OCc3ccccc3)CC2)c(-c2ccc(F)cc2F)n1. The molecule has 1 fully saturated rings. The highest BCUT2D eigenvalue weighted by Gasteiger charge is 2.28. The van der Waals surface area contributed by atoms with Gasteiger partial charge in [0, 0.05) is 38.0 Å². The molecule has 7 heteroatoms. The van der Waals surface area contributed by atoms with Crippen LogP contribution in [0.5, 0.6) is 0 Å². The Balaban J connectivity index is 1.42. The van der Waals surface area contributed by atoms with E-state index in [2.05, 4.69) is 5.10 Å². The van der Waals surface area contributed by atoms with Gasteiger partial charge in [-0.05, 0) is 30.5 Å². The first-order valence-corrected chi connectivity index (χ1v) is 9.95. The third-order valence-electron chi connectivity index (χ3n) is 5.30. The van der Waals surface area contributed by atoms with E-state index in [1.54, 1.807) is 18.1 Å². The molecule has 1 aliphatic rings. The van der Waals surface area contributed by atoms with E-state index in [1.165, 1.54) is 10.7 Å². The van der Waals surface area contributed by atoms with Crippen LogP contribution >= 0.6 is 0 Å². The number of hydrogen-bond acceptors (Lipinski definition) is 3. The van der Waals surface area contributed by atoms with Crippen molar-refractivity contribution in [1.29, 1.82) is 0 Å². The zero-order valence-corrected chi connectivity index (χ0v) is 16.7. The largest absolute Gasteiger partial charge is 0.373 e. The Hall–Kier alpha value is -3.06. The van der Waals surface area contributed by atoms with Crippen molar-refractivity contribution in [3.8, 4) is 11.3 Å². The Morgan fingerprint density at radius 3 is 2.57 bits per heavy atom. The molecular weight excluding hydrogens is 388 g/mol. The summed E-state index contributed by atoms with van der Waals surface area (Å²) >= 11 is 0. The van der Waals surface area contributed by atoms with Gasteiger partial charge in [-0.3, -0.25) is 9.48 Å². The molecule has 4 rings (SSSR count). The number of rotatable bonds is 5. The minimum atomic E-state index is -0.740. The van der Waals surface area contributed by atoms with Crippen molar-refractivity contribution >= 4 is 5.91 Å². The van der Waals surface area contributed by atoms with Crippen LogP contribution in [0.4, 0.5) is 8.78 Å². The van der Waals surface area contributed by atoms with Crippen LogP contribution in [0, 0.1) is 11.6 Å². The van der Waals surface area contributed by atoms with E-state index in [-0.39, 0.29) is 23.3 Å². The fourth-order valence-electron chi connectivity index (χ4n) is 3.71. The smallest absolute Gasteiger partial charge is 0.257 e. The highest BCUT2D eigenvalue weighted by molar-refractivity contribution is 5.99. The molecule has 5 nitrogen and oxygen atoms in total. The molecule has 3 aromatic rings. The molecule has 0 N–H and O–H groups in total. The third-order valence-corrected chi connectivity index (χ3v) is 5.30. The Morgan fingerprint density at radius 2 is 1.87 bits per heavy atom. The summed E-state index contributed by atoms with van der Waals surface area (Å²) in [7, 11) is 1.67. The summed E-state index contributed by atoms with van der Waals surface area (Å²) in [4.78, 5) is 14.8. The second-order valence-electron chi connectivity index (χ2n) is 7.48. The van der Waals surface area contributed by atoms with Crippen molar-refractivity contribution in [2.24, 2.45) is 7.05 Å². The molecule has 0 unspecified atom stereocenters. The molecule has 30 heavy (non-hydrogen) atoms. The number of aryl methyl sites for hydroxylation is 1. The predicted octanol–water partition coefficient (Wildman–Crippen LogP) is 4.19. The van der Waals surface area contributed by atoms with Gasteiger partial charge >= 0.3 is 0 Å². The number of likely N-dealkylation sites (tertiary alicyclic amines) is 1. The standard InChI is InChI=1S/C23H23F2N3O2/c1-27-14-20(22(26-27)19-8-7-17(24)13-21(19)25)23(29)28-11-9-18(10-12-28)30-15-16-5-3-2-4-6-16/h2-8,13-14,18H,9-12,15H2,1H3. The molecule has 0 bridgehead atoms. The van der Waals surface area contributed by atoms with Crippen LogP contribution in [0.3, 0.4) is 0 Å². The number of carbonyl (C=O) groups is 1. The molecule has 1 saturated heterocycles. The van der Waals surface area contributed by atoms with Crippen LogP contribution in [-0.2, 0) is 18.4 Å². The van der Waals surface area contributed by atoms with Crippen molar-refractivity contribution in [3.63, 3.8) is 0 Å². The number of amides is 1. The lowest BCUT2D eigenvalue weighted by Crippen LogP contribution is -2.41. The first kappa shape index (κ1) is 20.2. The van der Waals surface area contributed by atoms with Gasteiger partial charge in [0.15, 0.2) is 0 Å². The molecule has 1 aliphatic heterocycles. The Morgan fingerprint density at radius 1 is 1.13 bits per heavy atom. The van der Waals surface area contributed by atoms with Gasteiger partial charge in [-0.2, -0.15) is 5.10 Å². The second kappa shape index (κ2) is 8.75. The summed E-state index contributed by atoms with van der Waals surface area (Å²) in [6.45, 7) is 1.66. The van der Waals surface area contributed by atoms with Crippen molar-refractivity contribution in [2.75, 3.05) is 13.1 Å².